The molecule has 2 rings (SSSR count). The zero-order valence-corrected chi connectivity index (χ0v) is 12.7. The van der Waals surface area contributed by atoms with Gasteiger partial charge in [-0.2, -0.15) is 0 Å². The lowest BCUT2D eigenvalue weighted by Crippen LogP contribution is -2.12. The van der Waals surface area contributed by atoms with Crippen LogP contribution < -0.4 is 10.5 Å². The van der Waals surface area contributed by atoms with E-state index >= 15 is 0 Å². The number of aryl methyl sites for hydroxylation is 1. The third kappa shape index (κ3) is 3.19. The molecule has 0 radical (unpaired) electrons. The van der Waals surface area contributed by atoms with Gasteiger partial charge in [0.05, 0.1) is 15.0 Å². The molecule has 0 saturated heterocycles. The van der Waals surface area contributed by atoms with Crippen LogP contribution >= 0.6 is 15.9 Å². The standard InChI is InChI=1S/C14H12BrN3O3/c1-8-5-6-9(14(16)17)12(7-8)21-13-10(15)3-2-4-11(13)18(19)20/h2-7H,1H3,(H3,16,17). The Morgan fingerprint density at radius 2 is 2.10 bits per heavy atom. The van der Waals surface area contributed by atoms with Crippen molar-refractivity contribution < 1.29 is 9.66 Å². The van der Waals surface area contributed by atoms with Crippen LogP contribution in [0.3, 0.4) is 0 Å². The number of nitrogens with zero attached hydrogens (tertiary/aromatic N) is 1. The molecule has 0 aromatic heterocycles. The molecule has 108 valence electrons. The van der Waals surface area contributed by atoms with Crippen LogP contribution in [0, 0.1) is 22.4 Å². The van der Waals surface area contributed by atoms with Gasteiger partial charge in [0.2, 0.25) is 5.75 Å². The summed E-state index contributed by atoms with van der Waals surface area (Å²) in [4.78, 5) is 10.6. The van der Waals surface area contributed by atoms with Crippen molar-refractivity contribution in [3.05, 3.63) is 62.1 Å². The van der Waals surface area contributed by atoms with E-state index in [2.05, 4.69) is 15.9 Å². The third-order valence-electron chi connectivity index (χ3n) is 2.78. The number of benzene rings is 2. The van der Waals surface area contributed by atoms with Gasteiger partial charge in [0.15, 0.2) is 0 Å². The van der Waals surface area contributed by atoms with Crippen LogP contribution in [0.5, 0.6) is 11.5 Å². The molecule has 0 aliphatic rings. The minimum Gasteiger partial charge on any atom is -0.448 e. The molecule has 0 spiro atoms. The van der Waals surface area contributed by atoms with Gasteiger partial charge in [-0.15, -0.1) is 0 Å². The van der Waals surface area contributed by atoms with Crippen molar-refractivity contribution in [3.63, 3.8) is 0 Å². The smallest absolute Gasteiger partial charge is 0.312 e. The van der Waals surface area contributed by atoms with E-state index in [4.69, 9.17) is 15.9 Å². The minimum absolute atomic E-state index is 0.0793. The highest BCUT2D eigenvalue weighted by Crippen LogP contribution is 2.39. The van der Waals surface area contributed by atoms with Gasteiger partial charge in [0.25, 0.3) is 0 Å². The Hall–Kier alpha value is -2.41. The van der Waals surface area contributed by atoms with Crippen molar-refractivity contribution in [2.45, 2.75) is 6.92 Å². The molecule has 7 heteroatoms. The molecule has 0 unspecified atom stereocenters. The van der Waals surface area contributed by atoms with Crippen LogP contribution in [0.25, 0.3) is 0 Å². The van der Waals surface area contributed by atoms with Crippen molar-refractivity contribution in [3.8, 4) is 11.5 Å². The second kappa shape index (κ2) is 5.92. The molecule has 0 bridgehead atoms. The number of para-hydroxylation sites is 1. The second-order valence-electron chi connectivity index (χ2n) is 4.36. The van der Waals surface area contributed by atoms with Crippen LogP contribution in [0.2, 0.25) is 0 Å². The zero-order valence-electron chi connectivity index (χ0n) is 11.1. The number of rotatable bonds is 4. The number of halogens is 1. The first-order valence-electron chi connectivity index (χ1n) is 5.96. The monoisotopic (exact) mass is 349 g/mol. The van der Waals surface area contributed by atoms with Crippen LogP contribution in [-0.2, 0) is 0 Å². The second-order valence-corrected chi connectivity index (χ2v) is 5.21. The summed E-state index contributed by atoms with van der Waals surface area (Å²) < 4.78 is 6.12. The van der Waals surface area contributed by atoms with E-state index in [-0.39, 0.29) is 17.3 Å². The molecule has 0 aliphatic heterocycles. The number of amidine groups is 1. The largest absolute Gasteiger partial charge is 0.448 e. The van der Waals surface area contributed by atoms with Gasteiger partial charge in [-0.3, -0.25) is 15.5 Å². The molecule has 21 heavy (non-hydrogen) atoms. The Morgan fingerprint density at radius 3 is 2.71 bits per heavy atom. The van der Waals surface area contributed by atoms with Gasteiger partial charge in [-0.25, -0.2) is 0 Å². The summed E-state index contributed by atoms with van der Waals surface area (Å²) in [5, 5.41) is 18.6. The van der Waals surface area contributed by atoms with E-state index < -0.39 is 4.92 Å². The molecule has 6 nitrogen and oxygen atoms in total. The van der Waals surface area contributed by atoms with E-state index in [9.17, 15) is 10.1 Å². The van der Waals surface area contributed by atoms with Crippen molar-refractivity contribution >= 4 is 27.5 Å². The molecule has 3 N–H and O–H groups in total. The number of nitrogens with one attached hydrogen (secondary N) is 1. The lowest BCUT2D eigenvalue weighted by Gasteiger charge is -2.12. The molecule has 2 aromatic carbocycles. The maximum absolute atomic E-state index is 11.1. The first-order chi connectivity index (χ1) is 9.90. The summed E-state index contributed by atoms with van der Waals surface area (Å²) in [5.41, 5.74) is 6.62. The summed E-state index contributed by atoms with van der Waals surface area (Å²) in [6, 6.07) is 9.67. The van der Waals surface area contributed by atoms with E-state index in [1.807, 2.05) is 6.92 Å². The average Bonchev–Trinajstić information content (AvgIpc) is 2.40. The van der Waals surface area contributed by atoms with Crippen LogP contribution in [0.4, 0.5) is 5.69 Å². The van der Waals surface area contributed by atoms with Crippen molar-refractivity contribution in [1.82, 2.24) is 0 Å². The van der Waals surface area contributed by atoms with Crippen LogP contribution in [-0.4, -0.2) is 10.8 Å². The van der Waals surface area contributed by atoms with E-state index in [1.165, 1.54) is 6.07 Å². The summed E-state index contributed by atoms with van der Waals surface area (Å²) in [5.74, 6) is 0.216. The Morgan fingerprint density at radius 1 is 1.38 bits per heavy atom. The average molecular weight is 350 g/mol. The fraction of sp³-hybridized carbons (Fsp3) is 0.0714. The first-order valence-corrected chi connectivity index (χ1v) is 6.75. The summed E-state index contributed by atoms with van der Waals surface area (Å²) in [6.45, 7) is 1.85. The normalized spacial score (nSPS) is 10.2. The maximum atomic E-state index is 11.1. The lowest BCUT2D eigenvalue weighted by molar-refractivity contribution is -0.385. The Balaban J connectivity index is 2.55. The van der Waals surface area contributed by atoms with Crippen molar-refractivity contribution in [1.29, 1.82) is 5.41 Å². The van der Waals surface area contributed by atoms with Gasteiger partial charge < -0.3 is 10.5 Å². The molecule has 0 amide bonds. The SMILES string of the molecule is Cc1ccc(C(=N)N)c(Oc2c(Br)cccc2[N+](=O)[O-])c1. The van der Waals surface area contributed by atoms with Gasteiger partial charge in [-0.1, -0.05) is 12.1 Å². The van der Waals surface area contributed by atoms with Gasteiger partial charge in [0.1, 0.15) is 11.6 Å². The maximum Gasteiger partial charge on any atom is 0.312 e. The lowest BCUT2D eigenvalue weighted by atomic mass is 10.1. The van der Waals surface area contributed by atoms with E-state index in [1.54, 1.807) is 30.3 Å². The number of hydrogen-bond acceptors (Lipinski definition) is 4. The number of nitro groups is 1. The molecule has 0 fully saturated rings. The predicted molar refractivity (Wildman–Crippen MR) is 83.1 cm³/mol. The molecule has 0 heterocycles. The van der Waals surface area contributed by atoms with Crippen LogP contribution in [0.1, 0.15) is 11.1 Å². The summed E-state index contributed by atoms with van der Waals surface area (Å²) in [6.07, 6.45) is 0. The summed E-state index contributed by atoms with van der Waals surface area (Å²) >= 11 is 3.24. The van der Waals surface area contributed by atoms with Gasteiger partial charge in [-0.05, 0) is 46.6 Å². The minimum atomic E-state index is -0.524. The molecule has 0 atom stereocenters. The van der Waals surface area contributed by atoms with Crippen LogP contribution in [0.15, 0.2) is 40.9 Å². The van der Waals surface area contributed by atoms with E-state index in [0.717, 1.165) is 5.56 Å². The number of nitrogens with two attached hydrogens (primary N) is 1. The summed E-state index contributed by atoms with van der Waals surface area (Å²) in [7, 11) is 0. The number of hydrogen-bond donors (Lipinski definition) is 2. The van der Waals surface area contributed by atoms with Gasteiger partial charge in [0, 0.05) is 6.07 Å². The first kappa shape index (κ1) is 15.0. The quantitative estimate of drug-likeness (QED) is 0.379. The fourth-order valence-electron chi connectivity index (χ4n) is 1.79. The number of nitro benzene ring substituents is 1. The highest BCUT2D eigenvalue weighted by Gasteiger charge is 2.20. The molecular weight excluding hydrogens is 338 g/mol. The topological polar surface area (TPSA) is 102 Å². The van der Waals surface area contributed by atoms with Crippen molar-refractivity contribution in [2.24, 2.45) is 5.73 Å². The number of nitrogen functional groups attached to an aromatic ring is 1. The highest BCUT2D eigenvalue weighted by atomic mass is 79.9. The highest BCUT2D eigenvalue weighted by molar-refractivity contribution is 9.10. The Bertz CT molecular complexity index is 731. The Labute approximate surface area is 129 Å². The molecular formula is C14H12BrN3O3. The molecule has 2 aromatic rings. The van der Waals surface area contributed by atoms with Gasteiger partial charge >= 0.3 is 5.69 Å². The molecule has 0 saturated carbocycles. The molecule has 0 aliphatic carbocycles. The third-order valence-corrected chi connectivity index (χ3v) is 3.41. The number of ether oxygens (including phenoxy) is 1. The Kier molecular flexibility index (Phi) is 4.23. The predicted octanol–water partition coefficient (Wildman–Crippen LogP) is 3.74. The fourth-order valence-corrected chi connectivity index (χ4v) is 2.23. The van der Waals surface area contributed by atoms with E-state index in [0.29, 0.717) is 15.8 Å². The van der Waals surface area contributed by atoms with Crippen molar-refractivity contribution in [2.75, 3.05) is 0 Å². The zero-order chi connectivity index (χ0) is 15.6.